The van der Waals surface area contributed by atoms with E-state index in [1.807, 2.05) is 0 Å². The van der Waals surface area contributed by atoms with Gasteiger partial charge in [-0.2, -0.15) is 17.0 Å². The first-order chi connectivity index (χ1) is 8.98. The number of alkyl halides is 1. The van der Waals surface area contributed by atoms with Crippen molar-refractivity contribution >= 4 is 21.8 Å². The molecule has 19 heavy (non-hydrogen) atoms. The molecule has 6 heteroatoms. The van der Waals surface area contributed by atoms with Crippen LogP contribution in [0.25, 0.3) is 0 Å². The molecule has 0 saturated carbocycles. The van der Waals surface area contributed by atoms with E-state index >= 15 is 0 Å². The first-order valence-electron chi connectivity index (χ1n) is 7.41. The largest absolute Gasteiger partial charge is 0.282 e. The Morgan fingerprint density at radius 3 is 2.32 bits per heavy atom. The predicted octanol–water partition coefficient (Wildman–Crippen LogP) is 2.20. The first-order valence-corrected chi connectivity index (χ1v) is 9.24. The summed E-state index contributed by atoms with van der Waals surface area (Å²) in [6.07, 6.45) is 5.73. The summed E-state index contributed by atoms with van der Waals surface area (Å²) >= 11 is 6.24. The van der Waals surface area contributed by atoms with Crippen LogP contribution in [0.1, 0.15) is 45.4 Å². The van der Waals surface area contributed by atoms with Gasteiger partial charge in [0.2, 0.25) is 0 Å². The molecule has 2 bridgehead atoms. The van der Waals surface area contributed by atoms with Crippen LogP contribution >= 0.6 is 11.6 Å². The lowest BCUT2D eigenvalue weighted by molar-refractivity contribution is 0.208. The van der Waals surface area contributed by atoms with Crippen LogP contribution in [-0.2, 0) is 10.2 Å². The van der Waals surface area contributed by atoms with Crippen LogP contribution in [0, 0.1) is 5.92 Å². The number of nitrogens with zero attached hydrogens (tertiary/aromatic N) is 2. The van der Waals surface area contributed by atoms with Gasteiger partial charge in [0.25, 0.3) is 10.2 Å². The van der Waals surface area contributed by atoms with Crippen LogP contribution in [0.15, 0.2) is 0 Å². The molecule has 3 aliphatic heterocycles. The fourth-order valence-corrected chi connectivity index (χ4v) is 6.55. The van der Waals surface area contributed by atoms with Gasteiger partial charge in [-0.05, 0) is 44.4 Å². The number of piperidine rings is 2. The van der Waals surface area contributed by atoms with E-state index in [9.17, 15) is 8.42 Å². The molecule has 3 aliphatic rings. The Morgan fingerprint density at radius 1 is 1.11 bits per heavy atom. The number of hydrogen-bond acceptors (Lipinski definition) is 2. The maximum absolute atomic E-state index is 12.9. The highest BCUT2D eigenvalue weighted by molar-refractivity contribution is 7.86. The lowest BCUT2D eigenvalue weighted by Crippen LogP contribution is -2.54. The second-order valence-electron chi connectivity index (χ2n) is 6.40. The molecule has 0 amide bonds. The van der Waals surface area contributed by atoms with E-state index < -0.39 is 10.2 Å². The summed E-state index contributed by atoms with van der Waals surface area (Å²) in [5.74, 6) is 0.478. The molecule has 0 aromatic rings. The molecule has 0 aliphatic carbocycles. The molecule has 3 rings (SSSR count). The molecule has 0 aromatic heterocycles. The Labute approximate surface area is 121 Å². The van der Waals surface area contributed by atoms with E-state index in [1.54, 1.807) is 8.61 Å². The molecule has 0 aromatic carbocycles. The third-order valence-corrected chi connectivity index (χ3v) is 7.29. The zero-order valence-corrected chi connectivity index (χ0v) is 13.0. The van der Waals surface area contributed by atoms with Gasteiger partial charge in [0, 0.05) is 30.6 Å². The normalized spacial score (nSPS) is 41.6. The van der Waals surface area contributed by atoms with E-state index in [2.05, 4.69) is 6.92 Å². The quantitative estimate of drug-likeness (QED) is 0.734. The summed E-state index contributed by atoms with van der Waals surface area (Å²) < 4.78 is 29.2. The summed E-state index contributed by atoms with van der Waals surface area (Å²) in [5.41, 5.74) is 0. The zero-order chi connectivity index (χ0) is 13.6. The molecule has 3 fully saturated rings. The predicted molar refractivity (Wildman–Crippen MR) is 76.4 cm³/mol. The van der Waals surface area contributed by atoms with Gasteiger partial charge in [-0.3, -0.25) is 0 Å². The molecule has 3 unspecified atom stereocenters. The molecular weight excluding hydrogens is 284 g/mol. The van der Waals surface area contributed by atoms with Crippen molar-refractivity contribution in [3.05, 3.63) is 0 Å². The van der Waals surface area contributed by atoms with E-state index in [4.69, 9.17) is 11.6 Å². The monoisotopic (exact) mass is 306 g/mol. The lowest BCUT2D eigenvalue weighted by atomic mass is 10.0. The van der Waals surface area contributed by atoms with E-state index in [-0.39, 0.29) is 17.5 Å². The van der Waals surface area contributed by atoms with Crippen molar-refractivity contribution < 1.29 is 8.42 Å². The lowest BCUT2D eigenvalue weighted by Gasteiger charge is -2.40. The average Bonchev–Trinajstić information content (AvgIpc) is 2.63. The topological polar surface area (TPSA) is 40.6 Å². The Kier molecular flexibility index (Phi) is 3.84. The molecule has 110 valence electrons. The van der Waals surface area contributed by atoms with E-state index in [0.717, 1.165) is 38.5 Å². The van der Waals surface area contributed by atoms with Gasteiger partial charge in [0.05, 0.1) is 0 Å². The van der Waals surface area contributed by atoms with Crippen molar-refractivity contribution in [3.63, 3.8) is 0 Å². The number of hydrogen-bond donors (Lipinski definition) is 0. The molecular formula is C13H23ClN2O2S. The van der Waals surface area contributed by atoms with Gasteiger partial charge in [-0.1, -0.05) is 6.92 Å². The number of rotatable bonds is 2. The molecule has 0 radical (unpaired) electrons. The maximum Gasteiger partial charge on any atom is 0.282 e. The molecule has 3 heterocycles. The van der Waals surface area contributed by atoms with Gasteiger partial charge < -0.3 is 0 Å². The minimum Gasteiger partial charge on any atom is -0.195 e. The summed E-state index contributed by atoms with van der Waals surface area (Å²) in [6.45, 7) is 3.51. The van der Waals surface area contributed by atoms with Crippen LogP contribution < -0.4 is 0 Å². The smallest absolute Gasteiger partial charge is 0.195 e. The van der Waals surface area contributed by atoms with Crippen molar-refractivity contribution in [2.45, 2.75) is 62.9 Å². The van der Waals surface area contributed by atoms with Crippen molar-refractivity contribution in [2.24, 2.45) is 5.92 Å². The fraction of sp³-hybridized carbons (Fsp3) is 1.00. The molecule has 4 nitrogen and oxygen atoms in total. The van der Waals surface area contributed by atoms with Crippen LogP contribution in [0.5, 0.6) is 0 Å². The third kappa shape index (κ3) is 2.55. The Balaban J connectivity index is 1.81. The summed E-state index contributed by atoms with van der Waals surface area (Å²) in [7, 11) is -3.27. The van der Waals surface area contributed by atoms with Crippen LogP contribution in [0.3, 0.4) is 0 Å². The van der Waals surface area contributed by atoms with Gasteiger partial charge in [0.15, 0.2) is 0 Å². The first kappa shape index (κ1) is 14.1. The van der Waals surface area contributed by atoms with Crippen LogP contribution in [0.4, 0.5) is 0 Å². The zero-order valence-electron chi connectivity index (χ0n) is 11.5. The highest BCUT2D eigenvalue weighted by Crippen LogP contribution is 2.40. The van der Waals surface area contributed by atoms with Gasteiger partial charge in [-0.15, -0.1) is 11.6 Å². The van der Waals surface area contributed by atoms with Crippen molar-refractivity contribution in [3.8, 4) is 0 Å². The van der Waals surface area contributed by atoms with Gasteiger partial charge in [-0.25, -0.2) is 0 Å². The number of fused-ring (bicyclic) bond motifs is 2. The minimum atomic E-state index is -3.27. The second-order valence-corrected chi connectivity index (χ2v) is 8.85. The highest BCUT2D eigenvalue weighted by Gasteiger charge is 2.48. The second kappa shape index (κ2) is 5.17. The van der Waals surface area contributed by atoms with E-state index in [0.29, 0.717) is 19.0 Å². The summed E-state index contributed by atoms with van der Waals surface area (Å²) in [4.78, 5) is 0. The number of halogens is 1. The average molecular weight is 307 g/mol. The standard InChI is InChI=1S/C13H23ClN2O2S/c1-10-3-2-6-15(9-10)19(17,18)16-12-4-5-13(16)8-11(14)7-12/h10-13H,2-9H2,1H3. The van der Waals surface area contributed by atoms with Crippen molar-refractivity contribution in [2.75, 3.05) is 13.1 Å². The molecule has 3 saturated heterocycles. The summed E-state index contributed by atoms with van der Waals surface area (Å²) in [5, 5.41) is 0.157. The highest BCUT2D eigenvalue weighted by atomic mass is 35.5. The van der Waals surface area contributed by atoms with Gasteiger partial charge >= 0.3 is 0 Å². The molecule has 0 spiro atoms. The van der Waals surface area contributed by atoms with Crippen LogP contribution in [-0.4, -0.2) is 47.6 Å². The van der Waals surface area contributed by atoms with Gasteiger partial charge in [0.1, 0.15) is 0 Å². The Morgan fingerprint density at radius 2 is 1.74 bits per heavy atom. The third-order valence-electron chi connectivity index (χ3n) is 4.82. The maximum atomic E-state index is 12.9. The molecule has 3 atom stereocenters. The summed E-state index contributed by atoms with van der Waals surface area (Å²) in [6, 6.07) is 0.284. The Hall–Kier alpha value is 0.160. The SMILES string of the molecule is CC1CCCN(S(=O)(=O)N2C3CCC2CC(Cl)C3)C1. The van der Waals surface area contributed by atoms with Crippen molar-refractivity contribution in [1.29, 1.82) is 0 Å². The minimum absolute atomic E-state index is 0.142. The molecule has 0 N–H and O–H groups in total. The fourth-order valence-electron chi connectivity index (χ4n) is 3.93. The Bertz CT molecular complexity index is 428. The van der Waals surface area contributed by atoms with Crippen molar-refractivity contribution in [1.82, 2.24) is 8.61 Å². The van der Waals surface area contributed by atoms with Crippen LogP contribution in [0.2, 0.25) is 0 Å². The van der Waals surface area contributed by atoms with E-state index in [1.165, 1.54) is 0 Å².